The Hall–Kier alpha value is -2.13. The van der Waals surface area contributed by atoms with Crippen LogP contribution in [0.15, 0.2) is 12.4 Å². The van der Waals surface area contributed by atoms with Crippen LogP contribution in [0.4, 0.5) is 4.79 Å². The maximum atomic E-state index is 12.3. The standard InChI is InChI=1S/C19H31N3O6/c1-13(27-15-8-6-7-11-26-15)16-20-9-10-22(16)14(17(23)25-5)12-21-18(24)28-19(2,3)4/h9-10,13-15H,6-8,11-12H2,1-5H3,(H,21,24)/t13-,14+,15?/m0/s1. The highest BCUT2D eigenvalue weighted by molar-refractivity contribution is 5.76. The largest absolute Gasteiger partial charge is 0.467 e. The van der Waals surface area contributed by atoms with Gasteiger partial charge in [0, 0.05) is 19.0 Å². The number of ether oxygens (including phenoxy) is 4. The molecule has 1 saturated heterocycles. The highest BCUT2D eigenvalue weighted by Gasteiger charge is 2.28. The summed E-state index contributed by atoms with van der Waals surface area (Å²) in [7, 11) is 1.30. The van der Waals surface area contributed by atoms with Gasteiger partial charge in [-0.2, -0.15) is 0 Å². The Balaban J connectivity index is 2.08. The normalized spacial score (nSPS) is 19.5. The summed E-state index contributed by atoms with van der Waals surface area (Å²) in [4.78, 5) is 28.7. The van der Waals surface area contributed by atoms with E-state index in [0.717, 1.165) is 19.3 Å². The van der Waals surface area contributed by atoms with Crippen LogP contribution in [0.3, 0.4) is 0 Å². The van der Waals surface area contributed by atoms with Gasteiger partial charge in [-0.05, 0) is 47.0 Å². The molecular weight excluding hydrogens is 366 g/mol. The van der Waals surface area contributed by atoms with Crippen molar-refractivity contribution >= 4 is 12.1 Å². The van der Waals surface area contributed by atoms with Crippen molar-refractivity contribution in [3.8, 4) is 0 Å². The van der Waals surface area contributed by atoms with Crippen LogP contribution in [0.1, 0.15) is 64.9 Å². The second-order valence-electron chi connectivity index (χ2n) is 7.69. The lowest BCUT2D eigenvalue weighted by Crippen LogP contribution is -2.39. The second kappa shape index (κ2) is 9.88. The first-order valence-electron chi connectivity index (χ1n) is 9.55. The van der Waals surface area contributed by atoms with Crippen molar-refractivity contribution in [1.82, 2.24) is 14.9 Å². The molecule has 9 heteroatoms. The molecule has 0 saturated carbocycles. The van der Waals surface area contributed by atoms with Crippen LogP contribution in [-0.2, 0) is 23.7 Å². The summed E-state index contributed by atoms with van der Waals surface area (Å²) in [6.45, 7) is 7.83. The first-order valence-corrected chi connectivity index (χ1v) is 9.55. The van der Waals surface area contributed by atoms with Crippen LogP contribution in [0.25, 0.3) is 0 Å². The molecule has 0 spiro atoms. The predicted molar refractivity (Wildman–Crippen MR) is 101 cm³/mol. The molecule has 1 fully saturated rings. The fraction of sp³-hybridized carbons (Fsp3) is 0.737. The van der Waals surface area contributed by atoms with Crippen molar-refractivity contribution in [2.75, 3.05) is 20.3 Å². The molecular formula is C19H31N3O6. The van der Waals surface area contributed by atoms with Gasteiger partial charge in [0.1, 0.15) is 23.6 Å². The van der Waals surface area contributed by atoms with Gasteiger partial charge in [0.05, 0.1) is 13.7 Å². The van der Waals surface area contributed by atoms with E-state index in [0.29, 0.717) is 12.4 Å². The van der Waals surface area contributed by atoms with Gasteiger partial charge in [-0.15, -0.1) is 0 Å². The minimum Gasteiger partial charge on any atom is -0.467 e. The number of hydrogen-bond donors (Lipinski definition) is 1. The number of carbonyl (C=O) groups is 2. The molecule has 9 nitrogen and oxygen atoms in total. The molecule has 1 aromatic rings. The van der Waals surface area contributed by atoms with E-state index in [-0.39, 0.29) is 12.8 Å². The Kier molecular flexibility index (Phi) is 7.82. The number of imidazole rings is 1. The molecule has 1 aromatic heterocycles. The number of nitrogens with zero attached hydrogens (tertiary/aromatic N) is 2. The Morgan fingerprint density at radius 3 is 2.75 bits per heavy atom. The van der Waals surface area contributed by atoms with Crippen LogP contribution in [0.2, 0.25) is 0 Å². The lowest BCUT2D eigenvalue weighted by atomic mass is 10.2. The van der Waals surface area contributed by atoms with E-state index in [1.807, 2.05) is 6.92 Å². The Morgan fingerprint density at radius 1 is 1.39 bits per heavy atom. The van der Waals surface area contributed by atoms with Crippen molar-refractivity contribution < 1.29 is 28.5 Å². The molecule has 158 valence electrons. The maximum Gasteiger partial charge on any atom is 0.407 e. The average Bonchev–Trinajstić information content (AvgIpc) is 3.10. The highest BCUT2D eigenvalue weighted by atomic mass is 16.7. The number of alkyl carbamates (subject to hydrolysis) is 1. The zero-order valence-corrected chi connectivity index (χ0v) is 17.3. The van der Waals surface area contributed by atoms with E-state index < -0.39 is 29.8 Å². The smallest absolute Gasteiger partial charge is 0.407 e. The second-order valence-corrected chi connectivity index (χ2v) is 7.69. The lowest BCUT2D eigenvalue weighted by Gasteiger charge is -2.27. The first kappa shape index (κ1) is 22.2. The third-order valence-corrected chi connectivity index (χ3v) is 4.20. The van der Waals surface area contributed by atoms with Gasteiger partial charge in [-0.3, -0.25) is 0 Å². The number of carbonyl (C=O) groups excluding carboxylic acids is 2. The third-order valence-electron chi connectivity index (χ3n) is 4.20. The fourth-order valence-electron chi connectivity index (χ4n) is 2.94. The van der Waals surface area contributed by atoms with Gasteiger partial charge in [0.15, 0.2) is 6.29 Å². The van der Waals surface area contributed by atoms with Crippen LogP contribution < -0.4 is 5.32 Å². The molecule has 1 amide bonds. The Morgan fingerprint density at radius 2 is 2.14 bits per heavy atom. The minimum atomic E-state index is -0.798. The van der Waals surface area contributed by atoms with Gasteiger partial charge in [0.2, 0.25) is 0 Å². The number of nitrogens with one attached hydrogen (secondary N) is 1. The summed E-state index contributed by atoms with van der Waals surface area (Å²) in [6.07, 6.45) is 4.86. The fourth-order valence-corrected chi connectivity index (χ4v) is 2.94. The summed E-state index contributed by atoms with van der Waals surface area (Å²) in [5.41, 5.74) is -0.632. The quantitative estimate of drug-likeness (QED) is 0.706. The zero-order valence-electron chi connectivity index (χ0n) is 17.3. The van der Waals surface area contributed by atoms with Crippen LogP contribution in [-0.4, -0.2) is 53.8 Å². The van der Waals surface area contributed by atoms with Crippen molar-refractivity contribution in [1.29, 1.82) is 0 Å². The Bertz CT molecular complexity index is 648. The van der Waals surface area contributed by atoms with E-state index in [1.165, 1.54) is 7.11 Å². The maximum absolute atomic E-state index is 12.3. The SMILES string of the molecule is COC(=O)[C@@H](CNC(=O)OC(C)(C)C)n1ccnc1[C@H](C)OC1CCCCO1. The monoisotopic (exact) mass is 397 g/mol. The van der Waals surface area contributed by atoms with Crippen LogP contribution in [0, 0.1) is 0 Å². The van der Waals surface area contributed by atoms with Gasteiger partial charge >= 0.3 is 12.1 Å². The molecule has 0 aliphatic carbocycles. The van der Waals surface area contributed by atoms with Gasteiger partial charge < -0.3 is 28.8 Å². The van der Waals surface area contributed by atoms with Gasteiger partial charge in [-0.25, -0.2) is 14.6 Å². The molecule has 2 rings (SSSR count). The molecule has 0 bridgehead atoms. The summed E-state index contributed by atoms with van der Waals surface area (Å²) in [6, 6.07) is -0.798. The predicted octanol–water partition coefficient (Wildman–Crippen LogP) is 2.73. The van der Waals surface area contributed by atoms with Crippen molar-refractivity contribution in [2.45, 2.75) is 71.0 Å². The molecule has 0 aromatic carbocycles. The molecule has 28 heavy (non-hydrogen) atoms. The van der Waals surface area contributed by atoms with Crippen LogP contribution >= 0.6 is 0 Å². The number of rotatable bonds is 7. The van der Waals surface area contributed by atoms with E-state index in [1.54, 1.807) is 37.7 Å². The first-order chi connectivity index (χ1) is 13.2. The third kappa shape index (κ3) is 6.49. The van der Waals surface area contributed by atoms with E-state index in [2.05, 4.69) is 10.3 Å². The highest BCUT2D eigenvalue weighted by Crippen LogP contribution is 2.25. The molecule has 2 heterocycles. The van der Waals surface area contributed by atoms with E-state index in [4.69, 9.17) is 18.9 Å². The lowest BCUT2D eigenvalue weighted by molar-refractivity contribution is -0.188. The minimum absolute atomic E-state index is 0.00239. The molecule has 1 aliphatic rings. The van der Waals surface area contributed by atoms with E-state index in [9.17, 15) is 9.59 Å². The summed E-state index contributed by atoms with van der Waals surface area (Å²) in [5.74, 6) is 0.0481. The van der Waals surface area contributed by atoms with Crippen LogP contribution in [0.5, 0.6) is 0 Å². The van der Waals surface area contributed by atoms with Crippen molar-refractivity contribution in [3.05, 3.63) is 18.2 Å². The van der Waals surface area contributed by atoms with E-state index >= 15 is 0 Å². The van der Waals surface area contributed by atoms with Gasteiger partial charge in [-0.1, -0.05) is 0 Å². The van der Waals surface area contributed by atoms with Crippen molar-refractivity contribution in [3.63, 3.8) is 0 Å². The number of hydrogen-bond acceptors (Lipinski definition) is 7. The summed E-state index contributed by atoms with van der Waals surface area (Å²) in [5, 5.41) is 2.61. The van der Waals surface area contributed by atoms with Crippen molar-refractivity contribution in [2.24, 2.45) is 0 Å². The zero-order chi connectivity index (χ0) is 20.7. The molecule has 0 radical (unpaired) electrons. The molecule has 1 N–H and O–H groups in total. The number of methoxy groups -OCH3 is 1. The number of esters is 1. The molecule has 1 unspecified atom stereocenters. The summed E-state index contributed by atoms with van der Waals surface area (Å²) < 4.78 is 23.4. The van der Waals surface area contributed by atoms with Gasteiger partial charge in [0.25, 0.3) is 0 Å². The molecule has 1 aliphatic heterocycles. The topological polar surface area (TPSA) is 101 Å². The summed E-state index contributed by atoms with van der Waals surface area (Å²) >= 11 is 0. The Labute approximate surface area is 165 Å². The molecule has 3 atom stereocenters. The average molecular weight is 397 g/mol. The number of amides is 1. The number of aromatic nitrogens is 2.